The molecule has 0 aromatic rings. The maximum absolute atomic E-state index is 10.6. The zero-order chi connectivity index (χ0) is 9.84. The van der Waals surface area contributed by atoms with Gasteiger partial charge in [0.25, 0.3) is 5.76 Å². The molecule has 5 nitrogen and oxygen atoms in total. The first kappa shape index (κ1) is 9.39. The number of nitrogens with zero attached hydrogens (tertiary/aromatic N) is 1. The second kappa shape index (κ2) is 3.81. The van der Waals surface area contributed by atoms with Gasteiger partial charge < -0.3 is 14.8 Å². The molecule has 1 atom stereocenters. The van der Waals surface area contributed by atoms with Crippen LogP contribution in [0.3, 0.4) is 0 Å². The minimum Gasteiger partial charge on any atom is -0.471 e. The van der Waals surface area contributed by atoms with Crippen molar-refractivity contribution in [2.75, 3.05) is 6.54 Å². The zero-order valence-electron chi connectivity index (χ0n) is 7.46. The second-order valence-corrected chi connectivity index (χ2v) is 2.67. The molecule has 70 valence electrons. The molecule has 0 amide bonds. The Morgan fingerprint density at radius 3 is 2.92 bits per heavy atom. The lowest BCUT2D eigenvalue weighted by Crippen LogP contribution is -2.11. The Bertz CT molecular complexity index is 290. The predicted molar refractivity (Wildman–Crippen MR) is 43.0 cm³/mol. The van der Waals surface area contributed by atoms with Crippen molar-refractivity contribution in [1.82, 2.24) is 5.32 Å². The molecule has 0 aromatic carbocycles. The molecular formula is C8H10N2O3. The lowest BCUT2D eigenvalue weighted by Gasteiger charge is -2.03. The molecule has 1 N–H and O–H groups in total. The van der Waals surface area contributed by atoms with Crippen molar-refractivity contribution in [3.63, 3.8) is 0 Å². The Morgan fingerprint density at radius 2 is 2.54 bits per heavy atom. The van der Waals surface area contributed by atoms with E-state index in [1.807, 2.05) is 6.92 Å². The van der Waals surface area contributed by atoms with Gasteiger partial charge in [-0.1, -0.05) is 0 Å². The topological polar surface area (TPSA) is 71.4 Å². The molecule has 5 heteroatoms. The van der Waals surface area contributed by atoms with Gasteiger partial charge in [0.1, 0.15) is 12.2 Å². The van der Waals surface area contributed by atoms with E-state index in [-0.39, 0.29) is 17.7 Å². The molecule has 1 aliphatic rings. The molecule has 1 fully saturated rings. The number of nitriles is 1. The van der Waals surface area contributed by atoms with Crippen molar-refractivity contribution in [1.29, 1.82) is 5.26 Å². The Labute approximate surface area is 75.9 Å². The van der Waals surface area contributed by atoms with Crippen molar-refractivity contribution >= 4 is 5.97 Å². The van der Waals surface area contributed by atoms with Gasteiger partial charge in [-0.3, -0.25) is 4.79 Å². The van der Waals surface area contributed by atoms with Gasteiger partial charge in [-0.05, 0) is 6.92 Å². The third-order valence-corrected chi connectivity index (χ3v) is 1.42. The van der Waals surface area contributed by atoms with Crippen LogP contribution in [0.5, 0.6) is 0 Å². The maximum atomic E-state index is 10.6. The third-order valence-electron chi connectivity index (χ3n) is 1.42. The van der Waals surface area contributed by atoms with Crippen LogP contribution in [0, 0.1) is 11.3 Å². The van der Waals surface area contributed by atoms with Crippen LogP contribution in [-0.2, 0) is 14.3 Å². The fourth-order valence-electron chi connectivity index (χ4n) is 0.918. The summed E-state index contributed by atoms with van der Waals surface area (Å²) >= 11 is 0. The molecule has 1 aliphatic heterocycles. The number of hydrogen-bond donors (Lipinski definition) is 1. The average molecular weight is 182 g/mol. The number of rotatable bonds is 1. The molecule has 0 bridgehead atoms. The van der Waals surface area contributed by atoms with E-state index >= 15 is 0 Å². The molecule has 0 spiro atoms. The molecule has 0 saturated carbocycles. The summed E-state index contributed by atoms with van der Waals surface area (Å²) in [4.78, 5) is 10.6. The van der Waals surface area contributed by atoms with Gasteiger partial charge in [0.15, 0.2) is 0 Å². The summed E-state index contributed by atoms with van der Waals surface area (Å²) in [6.07, 6.45) is -0.00564. The fraction of sp³-hybridized carbons (Fsp3) is 0.500. The van der Waals surface area contributed by atoms with Crippen LogP contribution in [0.4, 0.5) is 0 Å². The maximum Gasteiger partial charge on any atom is 0.308 e. The summed E-state index contributed by atoms with van der Waals surface area (Å²) in [5.41, 5.74) is 0. The highest BCUT2D eigenvalue weighted by atomic mass is 16.6. The number of carbonyl (C=O) groups is 1. The molecule has 1 unspecified atom stereocenters. The second-order valence-electron chi connectivity index (χ2n) is 2.67. The molecule has 0 radical (unpaired) electrons. The van der Waals surface area contributed by atoms with Crippen LogP contribution in [0.15, 0.2) is 11.6 Å². The van der Waals surface area contributed by atoms with Gasteiger partial charge in [-0.2, -0.15) is 5.26 Å². The molecular weight excluding hydrogens is 172 g/mol. The Kier molecular flexibility index (Phi) is 2.75. The van der Waals surface area contributed by atoms with Crippen molar-refractivity contribution in [2.24, 2.45) is 0 Å². The average Bonchev–Trinajstić information content (AvgIpc) is 2.47. The third kappa shape index (κ3) is 2.37. The standard InChI is InChI=1S/C8H10N2O3/c1-5-4-10-8(12-5)7(3-9)13-6(2)11/h5,10H,4H2,1-2H3/b8-7-. The monoisotopic (exact) mass is 182 g/mol. The number of hydrogen-bond acceptors (Lipinski definition) is 5. The minimum atomic E-state index is -0.533. The number of allylic oxidation sites excluding steroid dienone is 1. The molecule has 13 heavy (non-hydrogen) atoms. The van der Waals surface area contributed by atoms with Crippen LogP contribution >= 0.6 is 0 Å². The van der Waals surface area contributed by atoms with E-state index in [1.165, 1.54) is 6.92 Å². The van der Waals surface area contributed by atoms with E-state index in [2.05, 4.69) is 10.1 Å². The molecule has 0 aromatic heterocycles. The first-order valence-corrected chi connectivity index (χ1v) is 3.86. The summed E-state index contributed by atoms with van der Waals surface area (Å²) in [7, 11) is 0. The molecule has 0 aliphatic carbocycles. The summed E-state index contributed by atoms with van der Waals surface area (Å²) < 4.78 is 9.81. The first-order valence-electron chi connectivity index (χ1n) is 3.86. The fourth-order valence-corrected chi connectivity index (χ4v) is 0.918. The van der Waals surface area contributed by atoms with Crippen molar-refractivity contribution in [2.45, 2.75) is 20.0 Å². The number of nitrogens with one attached hydrogen (secondary N) is 1. The predicted octanol–water partition coefficient (Wildman–Crippen LogP) is 0.250. The Balaban J connectivity index is 2.75. The Morgan fingerprint density at radius 1 is 1.85 bits per heavy atom. The largest absolute Gasteiger partial charge is 0.471 e. The van der Waals surface area contributed by atoms with E-state index < -0.39 is 5.97 Å². The SMILES string of the molecule is CC(=O)O/C(C#N)=C1/NCC(C)O1. The van der Waals surface area contributed by atoms with Gasteiger partial charge >= 0.3 is 5.97 Å². The summed E-state index contributed by atoms with van der Waals surface area (Å²) in [6, 6.07) is 1.74. The lowest BCUT2D eigenvalue weighted by atomic mass is 10.4. The van der Waals surface area contributed by atoms with Gasteiger partial charge in [0.05, 0.1) is 6.54 Å². The number of ether oxygens (including phenoxy) is 2. The van der Waals surface area contributed by atoms with Crippen LogP contribution in [0.2, 0.25) is 0 Å². The normalized spacial score (nSPS) is 23.9. The highest BCUT2D eigenvalue weighted by Crippen LogP contribution is 2.12. The lowest BCUT2D eigenvalue weighted by molar-refractivity contribution is -0.136. The van der Waals surface area contributed by atoms with Crippen molar-refractivity contribution < 1.29 is 14.3 Å². The number of carbonyl (C=O) groups excluding carboxylic acids is 1. The van der Waals surface area contributed by atoms with E-state index in [4.69, 9.17) is 10.00 Å². The highest BCUT2D eigenvalue weighted by Gasteiger charge is 2.21. The molecule has 1 rings (SSSR count). The smallest absolute Gasteiger partial charge is 0.308 e. The highest BCUT2D eigenvalue weighted by molar-refractivity contribution is 5.68. The number of esters is 1. The molecule has 1 saturated heterocycles. The van der Waals surface area contributed by atoms with Crippen LogP contribution in [-0.4, -0.2) is 18.6 Å². The van der Waals surface area contributed by atoms with Crippen LogP contribution < -0.4 is 5.32 Å². The quantitative estimate of drug-likeness (QED) is 0.357. The van der Waals surface area contributed by atoms with E-state index in [1.54, 1.807) is 6.07 Å². The van der Waals surface area contributed by atoms with Gasteiger partial charge in [0, 0.05) is 6.92 Å². The van der Waals surface area contributed by atoms with E-state index in [9.17, 15) is 4.79 Å². The van der Waals surface area contributed by atoms with E-state index in [0.717, 1.165) is 0 Å². The van der Waals surface area contributed by atoms with E-state index in [0.29, 0.717) is 6.54 Å². The van der Waals surface area contributed by atoms with Crippen LogP contribution in [0.25, 0.3) is 0 Å². The summed E-state index contributed by atoms with van der Waals surface area (Å²) in [5.74, 6) is -0.406. The minimum absolute atomic E-state index is 0.00564. The zero-order valence-corrected chi connectivity index (χ0v) is 7.46. The van der Waals surface area contributed by atoms with Crippen molar-refractivity contribution in [3.8, 4) is 6.07 Å². The first-order chi connectivity index (χ1) is 6.13. The van der Waals surface area contributed by atoms with Gasteiger partial charge in [-0.15, -0.1) is 0 Å². The Hall–Kier alpha value is -1.70. The summed E-state index contributed by atoms with van der Waals surface area (Å²) in [5, 5.41) is 11.4. The molecule has 1 heterocycles. The van der Waals surface area contributed by atoms with Gasteiger partial charge in [-0.25, -0.2) is 0 Å². The summed E-state index contributed by atoms with van der Waals surface area (Å²) in [6.45, 7) is 3.70. The van der Waals surface area contributed by atoms with Crippen LogP contribution in [0.1, 0.15) is 13.8 Å². The van der Waals surface area contributed by atoms with Gasteiger partial charge in [0.2, 0.25) is 5.88 Å². The van der Waals surface area contributed by atoms with Crippen molar-refractivity contribution in [3.05, 3.63) is 11.6 Å².